The van der Waals surface area contributed by atoms with Crippen LogP contribution in [0.25, 0.3) is 18.2 Å². The van der Waals surface area contributed by atoms with Gasteiger partial charge in [-0.2, -0.15) is 0 Å². The summed E-state index contributed by atoms with van der Waals surface area (Å²) in [5.74, 6) is 0. The summed E-state index contributed by atoms with van der Waals surface area (Å²) in [7, 11) is 5.06. The molecule has 3 nitrogen and oxygen atoms in total. The Kier molecular flexibility index (Phi) is 9.13. The van der Waals surface area contributed by atoms with Gasteiger partial charge < -0.3 is 14.2 Å². The van der Waals surface area contributed by atoms with Crippen molar-refractivity contribution in [2.24, 2.45) is 0 Å². The standard InChI is InChI=1S/C18H24O3/c1-19-12-4-7-16-10-11-17(8-5-13-20-2)18(15-16)9-6-14-21-3/h4-11,15H,12-14H2,1-3H3. The number of hydrogen-bond donors (Lipinski definition) is 0. The summed E-state index contributed by atoms with van der Waals surface area (Å²) < 4.78 is 15.1. The number of rotatable bonds is 9. The summed E-state index contributed by atoms with van der Waals surface area (Å²) in [6.45, 7) is 1.83. The molecule has 1 aromatic carbocycles. The molecule has 21 heavy (non-hydrogen) atoms. The van der Waals surface area contributed by atoms with Crippen LogP contribution in [0.3, 0.4) is 0 Å². The molecule has 0 saturated carbocycles. The highest BCUT2D eigenvalue weighted by Crippen LogP contribution is 2.17. The lowest BCUT2D eigenvalue weighted by Crippen LogP contribution is -1.87. The molecule has 0 saturated heterocycles. The fourth-order valence-electron chi connectivity index (χ4n) is 1.82. The third-order valence-electron chi connectivity index (χ3n) is 2.80. The largest absolute Gasteiger partial charge is 0.381 e. The topological polar surface area (TPSA) is 27.7 Å². The molecule has 0 aliphatic rings. The number of benzene rings is 1. The van der Waals surface area contributed by atoms with E-state index in [0.29, 0.717) is 19.8 Å². The van der Waals surface area contributed by atoms with Gasteiger partial charge in [0.25, 0.3) is 0 Å². The van der Waals surface area contributed by atoms with E-state index in [1.54, 1.807) is 21.3 Å². The first-order valence-electron chi connectivity index (χ1n) is 6.92. The van der Waals surface area contributed by atoms with E-state index in [2.05, 4.69) is 36.4 Å². The van der Waals surface area contributed by atoms with Crippen LogP contribution in [-0.2, 0) is 14.2 Å². The number of ether oxygens (including phenoxy) is 3. The predicted molar refractivity (Wildman–Crippen MR) is 89.2 cm³/mol. The van der Waals surface area contributed by atoms with Crippen molar-refractivity contribution < 1.29 is 14.2 Å². The van der Waals surface area contributed by atoms with Crippen LogP contribution in [0.5, 0.6) is 0 Å². The Bertz CT molecular complexity index is 487. The second kappa shape index (κ2) is 11.0. The Morgan fingerprint density at radius 1 is 0.714 bits per heavy atom. The maximum Gasteiger partial charge on any atom is 0.0646 e. The van der Waals surface area contributed by atoms with Gasteiger partial charge in [-0.25, -0.2) is 0 Å². The first-order valence-corrected chi connectivity index (χ1v) is 6.92. The fourth-order valence-corrected chi connectivity index (χ4v) is 1.82. The van der Waals surface area contributed by atoms with Gasteiger partial charge in [0.2, 0.25) is 0 Å². The molecule has 0 aromatic heterocycles. The van der Waals surface area contributed by atoms with Gasteiger partial charge in [0, 0.05) is 21.3 Å². The lowest BCUT2D eigenvalue weighted by Gasteiger charge is -2.04. The van der Waals surface area contributed by atoms with Crippen LogP contribution in [0.1, 0.15) is 16.7 Å². The third kappa shape index (κ3) is 7.04. The minimum atomic E-state index is 0.602. The van der Waals surface area contributed by atoms with Crippen molar-refractivity contribution in [3.63, 3.8) is 0 Å². The zero-order valence-electron chi connectivity index (χ0n) is 13.0. The highest BCUT2D eigenvalue weighted by Gasteiger charge is 1.97. The van der Waals surface area contributed by atoms with Crippen molar-refractivity contribution in [2.75, 3.05) is 41.2 Å². The molecule has 0 heterocycles. The Labute approximate surface area is 127 Å². The van der Waals surface area contributed by atoms with E-state index in [4.69, 9.17) is 14.2 Å². The van der Waals surface area contributed by atoms with E-state index >= 15 is 0 Å². The molecule has 0 aliphatic carbocycles. The maximum atomic E-state index is 5.06. The average molecular weight is 288 g/mol. The van der Waals surface area contributed by atoms with Crippen molar-refractivity contribution in [3.8, 4) is 0 Å². The van der Waals surface area contributed by atoms with Crippen LogP contribution < -0.4 is 0 Å². The molecule has 0 radical (unpaired) electrons. The molecule has 0 spiro atoms. The van der Waals surface area contributed by atoms with Crippen LogP contribution >= 0.6 is 0 Å². The quantitative estimate of drug-likeness (QED) is 0.694. The molecule has 0 amide bonds. The van der Waals surface area contributed by atoms with Gasteiger partial charge in [-0.1, -0.05) is 48.6 Å². The molecular formula is C18H24O3. The van der Waals surface area contributed by atoms with Crippen molar-refractivity contribution in [2.45, 2.75) is 0 Å². The molecule has 3 heteroatoms. The summed E-state index contributed by atoms with van der Waals surface area (Å²) in [6, 6.07) is 6.34. The fraction of sp³-hybridized carbons (Fsp3) is 0.333. The van der Waals surface area contributed by atoms with E-state index in [-0.39, 0.29) is 0 Å². The van der Waals surface area contributed by atoms with Crippen molar-refractivity contribution >= 4 is 18.2 Å². The van der Waals surface area contributed by atoms with Gasteiger partial charge in [-0.15, -0.1) is 0 Å². The van der Waals surface area contributed by atoms with Crippen LogP contribution in [0.15, 0.2) is 36.4 Å². The molecule has 0 N–H and O–H groups in total. The van der Waals surface area contributed by atoms with Gasteiger partial charge >= 0.3 is 0 Å². The van der Waals surface area contributed by atoms with E-state index in [9.17, 15) is 0 Å². The molecule has 0 atom stereocenters. The first-order chi connectivity index (χ1) is 10.3. The Morgan fingerprint density at radius 3 is 1.81 bits per heavy atom. The minimum absolute atomic E-state index is 0.602. The zero-order chi connectivity index (χ0) is 15.3. The van der Waals surface area contributed by atoms with Crippen LogP contribution in [0, 0.1) is 0 Å². The Hall–Kier alpha value is -1.68. The minimum Gasteiger partial charge on any atom is -0.381 e. The van der Waals surface area contributed by atoms with E-state index in [0.717, 1.165) is 16.7 Å². The highest BCUT2D eigenvalue weighted by atomic mass is 16.5. The highest BCUT2D eigenvalue weighted by molar-refractivity contribution is 5.68. The summed E-state index contributed by atoms with van der Waals surface area (Å²) >= 11 is 0. The van der Waals surface area contributed by atoms with Gasteiger partial charge in [0.1, 0.15) is 0 Å². The van der Waals surface area contributed by atoms with E-state index in [1.165, 1.54) is 0 Å². The van der Waals surface area contributed by atoms with Crippen molar-refractivity contribution in [3.05, 3.63) is 53.1 Å². The number of hydrogen-bond acceptors (Lipinski definition) is 3. The average Bonchev–Trinajstić information content (AvgIpc) is 2.50. The van der Waals surface area contributed by atoms with E-state index in [1.807, 2.05) is 18.2 Å². The third-order valence-corrected chi connectivity index (χ3v) is 2.80. The summed E-state index contributed by atoms with van der Waals surface area (Å²) in [5, 5.41) is 0. The van der Waals surface area contributed by atoms with Crippen LogP contribution in [-0.4, -0.2) is 41.2 Å². The summed E-state index contributed by atoms with van der Waals surface area (Å²) in [5.41, 5.74) is 3.45. The smallest absolute Gasteiger partial charge is 0.0646 e. The molecule has 0 unspecified atom stereocenters. The lowest BCUT2D eigenvalue weighted by molar-refractivity contribution is 0.234. The lowest BCUT2D eigenvalue weighted by atomic mass is 10.0. The zero-order valence-corrected chi connectivity index (χ0v) is 13.0. The predicted octanol–water partition coefficient (Wildman–Crippen LogP) is 3.67. The van der Waals surface area contributed by atoms with Crippen molar-refractivity contribution in [1.82, 2.24) is 0 Å². The maximum absolute atomic E-state index is 5.06. The second-order valence-electron chi connectivity index (χ2n) is 4.46. The van der Waals surface area contributed by atoms with Gasteiger partial charge in [0.15, 0.2) is 0 Å². The van der Waals surface area contributed by atoms with Crippen molar-refractivity contribution in [1.29, 1.82) is 0 Å². The number of methoxy groups -OCH3 is 3. The molecule has 114 valence electrons. The van der Waals surface area contributed by atoms with Gasteiger partial charge in [-0.3, -0.25) is 0 Å². The monoisotopic (exact) mass is 288 g/mol. The molecule has 1 rings (SSSR count). The molecule has 0 bridgehead atoms. The van der Waals surface area contributed by atoms with Gasteiger partial charge in [-0.05, 0) is 22.8 Å². The second-order valence-corrected chi connectivity index (χ2v) is 4.46. The molecular weight excluding hydrogens is 264 g/mol. The Morgan fingerprint density at radius 2 is 1.24 bits per heavy atom. The van der Waals surface area contributed by atoms with E-state index < -0.39 is 0 Å². The van der Waals surface area contributed by atoms with Crippen LogP contribution in [0.4, 0.5) is 0 Å². The normalized spacial score (nSPS) is 12.1. The summed E-state index contributed by atoms with van der Waals surface area (Å²) in [4.78, 5) is 0. The molecule has 0 aliphatic heterocycles. The molecule has 0 fully saturated rings. The Balaban J connectivity index is 2.95. The summed E-state index contributed by atoms with van der Waals surface area (Å²) in [6.07, 6.45) is 12.2. The molecule has 1 aromatic rings. The first kappa shape index (κ1) is 17.4. The SMILES string of the molecule is COCC=Cc1ccc(C=CCOC)c(C=CCOC)c1. The van der Waals surface area contributed by atoms with Gasteiger partial charge in [0.05, 0.1) is 19.8 Å². The van der Waals surface area contributed by atoms with Crippen LogP contribution in [0.2, 0.25) is 0 Å².